The van der Waals surface area contributed by atoms with Crippen LogP contribution in [0.1, 0.15) is 19.3 Å². The Balaban J connectivity index is 2.11. The number of phenolic OH excluding ortho intramolecular Hbond substituents is 1. The van der Waals surface area contributed by atoms with E-state index in [0.717, 1.165) is 6.42 Å². The third kappa shape index (κ3) is 2.19. The van der Waals surface area contributed by atoms with Gasteiger partial charge in [-0.15, -0.1) is 0 Å². The fraction of sp³-hybridized carbons (Fsp3) is 0.417. The minimum Gasteiger partial charge on any atom is -0.506 e. The minimum atomic E-state index is -0.771. The number of carbonyl (C=O) groups is 1. The van der Waals surface area contributed by atoms with Crippen LogP contribution in [-0.2, 0) is 4.79 Å². The lowest BCUT2D eigenvalue weighted by Crippen LogP contribution is -2.56. The van der Waals surface area contributed by atoms with E-state index in [0.29, 0.717) is 24.3 Å². The number of anilines is 1. The number of phenols is 1. The molecule has 0 unspecified atom stereocenters. The van der Waals surface area contributed by atoms with Gasteiger partial charge in [0.15, 0.2) is 0 Å². The van der Waals surface area contributed by atoms with Crippen molar-refractivity contribution in [3.63, 3.8) is 0 Å². The maximum atomic E-state index is 11.8. The number of hydrogen-bond acceptors (Lipinski definition) is 4. The summed E-state index contributed by atoms with van der Waals surface area (Å²) in [5.74, 6) is 0.261. The predicted octanol–water partition coefficient (Wildman–Crippen LogP) is 1.22. The van der Waals surface area contributed by atoms with E-state index in [4.69, 9.17) is 10.5 Å². The minimum absolute atomic E-state index is 0.0272. The highest BCUT2D eigenvalue weighted by atomic mass is 16.5. The normalized spacial score (nSPS) is 17.1. The molecule has 2 rings (SSSR count). The van der Waals surface area contributed by atoms with Crippen LogP contribution >= 0.6 is 0 Å². The molecule has 1 saturated carbocycles. The van der Waals surface area contributed by atoms with Crippen molar-refractivity contribution in [3.8, 4) is 11.5 Å². The third-order valence-electron chi connectivity index (χ3n) is 3.15. The lowest BCUT2D eigenvalue weighted by atomic mass is 9.77. The maximum absolute atomic E-state index is 11.8. The van der Waals surface area contributed by atoms with Gasteiger partial charge in [0, 0.05) is 6.07 Å². The first-order valence-electron chi connectivity index (χ1n) is 5.52. The van der Waals surface area contributed by atoms with Crippen LogP contribution in [0, 0.1) is 0 Å². The van der Waals surface area contributed by atoms with Crippen molar-refractivity contribution < 1.29 is 14.6 Å². The van der Waals surface area contributed by atoms with Crippen molar-refractivity contribution in [2.24, 2.45) is 5.73 Å². The van der Waals surface area contributed by atoms with Gasteiger partial charge in [0.1, 0.15) is 11.5 Å². The highest BCUT2D eigenvalue weighted by molar-refractivity contribution is 5.99. The van der Waals surface area contributed by atoms with Crippen molar-refractivity contribution in [2.45, 2.75) is 24.8 Å². The first kappa shape index (κ1) is 11.7. The summed E-state index contributed by atoms with van der Waals surface area (Å²) in [6.07, 6.45) is 2.35. The van der Waals surface area contributed by atoms with Gasteiger partial charge in [-0.1, -0.05) is 0 Å². The zero-order valence-corrected chi connectivity index (χ0v) is 9.69. The largest absolute Gasteiger partial charge is 0.506 e. The summed E-state index contributed by atoms with van der Waals surface area (Å²) in [6.45, 7) is 0. The van der Waals surface area contributed by atoms with Gasteiger partial charge in [0.25, 0.3) is 0 Å². The van der Waals surface area contributed by atoms with Gasteiger partial charge in [0.05, 0.1) is 18.3 Å². The highest BCUT2D eigenvalue weighted by Crippen LogP contribution is 2.33. The van der Waals surface area contributed by atoms with E-state index in [-0.39, 0.29) is 11.7 Å². The Morgan fingerprint density at radius 2 is 2.24 bits per heavy atom. The van der Waals surface area contributed by atoms with Crippen molar-refractivity contribution in [1.29, 1.82) is 0 Å². The molecule has 0 saturated heterocycles. The molecule has 0 aromatic heterocycles. The molecule has 1 amide bonds. The Labute approximate surface area is 99.6 Å². The number of aromatic hydroxyl groups is 1. The molecule has 1 fully saturated rings. The van der Waals surface area contributed by atoms with Gasteiger partial charge in [-0.2, -0.15) is 0 Å². The van der Waals surface area contributed by atoms with Crippen LogP contribution in [0.4, 0.5) is 5.69 Å². The lowest BCUT2D eigenvalue weighted by Gasteiger charge is -2.36. The second kappa shape index (κ2) is 4.25. The second-order valence-electron chi connectivity index (χ2n) is 4.35. The molecule has 0 heterocycles. The fourth-order valence-electron chi connectivity index (χ4n) is 1.78. The Hall–Kier alpha value is -1.75. The number of nitrogens with one attached hydrogen (secondary N) is 1. The Morgan fingerprint density at radius 3 is 2.71 bits per heavy atom. The lowest BCUT2D eigenvalue weighted by molar-refractivity contribution is -0.123. The number of rotatable bonds is 3. The third-order valence-corrected chi connectivity index (χ3v) is 3.15. The molecular weight excluding hydrogens is 220 g/mol. The molecule has 4 N–H and O–H groups in total. The molecular formula is C12H16N2O3. The summed E-state index contributed by atoms with van der Waals surface area (Å²) in [5, 5.41) is 12.3. The monoisotopic (exact) mass is 236 g/mol. The summed E-state index contributed by atoms with van der Waals surface area (Å²) in [5.41, 5.74) is 5.46. The predicted molar refractivity (Wildman–Crippen MR) is 64.1 cm³/mol. The zero-order chi connectivity index (χ0) is 12.5. The quantitative estimate of drug-likeness (QED) is 0.689. The molecule has 92 valence electrons. The Bertz CT molecular complexity index is 441. The highest BCUT2D eigenvalue weighted by Gasteiger charge is 2.40. The van der Waals surface area contributed by atoms with E-state index in [1.54, 1.807) is 12.1 Å². The second-order valence-corrected chi connectivity index (χ2v) is 4.35. The van der Waals surface area contributed by atoms with Gasteiger partial charge in [-0.05, 0) is 31.4 Å². The van der Waals surface area contributed by atoms with Gasteiger partial charge in [-0.3, -0.25) is 4.79 Å². The summed E-state index contributed by atoms with van der Waals surface area (Å²) >= 11 is 0. The summed E-state index contributed by atoms with van der Waals surface area (Å²) < 4.78 is 4.96. The first-order chi connectivity index (χ1) is 8.05. The number of nitrogens with two attached hydrogens (primary N) is 1. The van der Waals surface area contributed by atoms with E-state index >= 15 is 0 Å². The van der Waals surface area contributed by atoms with E-state index in [2.05, 4.69) is 5.32 Å². The van der Waals surface area contributed by atoms with Crippen molar-refractivity contribution in [1.82, 2.24) is 0 Å². The molecule has 0 atom stereocenters. The maximum Gasteiger partial charge on any atom is 0.244 e. The number of carbonyl (C=O) groups excluding carboxylic acids is 1. The molecule has 1 aromatic rings. The average molecular weight is 236 g/mol. The van der Waals surface area contributed by atoms with Crippen LogP contribution in [0.15, 0.2) is 18.2 Å². The zero-order valence-electron chi connectivity index (χ0n) is 9.69. The molecule has 17 heavy (non-hydrogen) atoms. The van der Waals surface area contributed by atoms with Gasteiger partial charge in [-0.25, -0.2) is 0 Å². The average Bonchev–Trinajstić information content (AvgIpc) is 2.28. The molecule has 5 heteroatoms. The van der Waals surface area contributed by atoms with Crippen LogP contribution in [0.2, 0.25) is 0 Å². The number of amides is 1. The van der Waals surface area contributed by atoms with E-state index in [1.165, 1.54) is 13.2 Å². The summed E-state index contributed by atoms with van der Waals surface area (Å²) in [7, 11) is 1.51. The molecule has 1 aromatic carbocycles. The van der Waals surface area contributed by atoms with E-state index < -0.39 is 5.54 Å². The smallest absolute Gasteiger partial charge is 0.244 e. The molecule has 0 bridgehead atoms. The van der Waals surface area contributed by atoms with E-state index in [9.17, 15) is 9.90 Å². The Kier molecular flexibility index (Phi) is 2.93. The van der Waals surface area contributed by atoms with E-state index in [1.807, 2.05) is 0 Å². The molecule has 5 nitrogen and oxygen atoms in total. The number of ether oxygens (including phenoxy) is 1. The van der Waals surface area contributed by atoms with Crippen LogP contribution < -0.4 is 15.8 Å². The fourth-order valence-corrected chi connectivity index (χ4v) is 1.78. The van der Waals surface area contributed by atoms with Crippen molar-refractivity contribution >= 4 is 11.6 Å². The van der Waals surface area contributed by atoms with Gasteiger partial charge in [0.2, 0.25) is 5.91 Å². The van der Waals surface area contributed by atoms with Gasteiger partial charge >= 0.3 is 0 Å². The molecule has 0 radical (unpaired) electrons. The SMILES string of the molecule is COc1ccc(NC(=O)C2(N)CCC2)c(O)c1. The topological polar surface area (TPSA) is 84.6 Å². The molecule has 1 aliphatic carbocycles. The van der Waals surface area contributed by atoms with Crippen LogP contribution in [0.25, 0.3) is 0 Å². The van der Waals surface area contributed by atoms with Crippen LogP contribution in [-0.4, -0.2) is 23.7 Å². The van der Waals surface area contributed by atoms with Crippen molar-refractivity contribution in [2.75, 3.05) is 12.4 Å². The number of hydrogen-bond donors (Lipinski definition) is 3. The molecule has 1 aliphatic rings. The molecule has 0 spiro atoms. The standard InChI is InChI=1S/C12H16N2O3/c1-17-8-3-4-9(10(15)7-8)14-11(16)12(13)5-2-6-12/h3-4,7,15H,2,5-6,13H2,1H3,(H,14,16). The Morgan fingerprint density at radius 1 is 1.53 bits per heavy atom. The summed E-state index contributed by atoms with van der Waals surface area (Å²) in [6, 6.07) is 4.70. The van der Waals surface area contributed by atoms with Crippen LogP contribution in [0.3, 0.4) is 0 Å². The summed E-state index contributed by atoms with van der Waals surface area (Å²) in [4.78, 5) is 11.8. The van der Waals surface area contributed by atoms with Crippen LogP contribution in [0.5, 0.6) is 11.5 Å². The number of benzene rings is 1. The first-order valence-corrected chi connectivity index (χ1v) is 5.52. The number of methoxy groups -OCH3 is 1. The van der Waals surface area contributed by atoms with Crippen molar-refractivity contribution in [3.05, 3.63) is 18.2 Å². The van der Waals surface area contributed by atoms with Gasteiger partial charge < -0.3 is 20.9 Å². The molecule has 0 aliphatic heterocycles.